The first-order valence-electron chi connectivity index (χ1n) is 7.37. The molecular weight excluding hydrogens is 316 g/mol. The van der Waals surface area contributed by atoms with Gasteiger partial charge in [-0.1, -0.05) is 28.1 Å². The molecule has 1 aliphatic carbocycles. The molecule has 4 unspecified atom stereocenters. The fourth-order valence-electron chi connectivity index (χ4n) is 3.15. The van der Waals surface area contributed by atoms with E-state index < -0.39 is 0 Å². The quantitative estimate of drug-likeness (QED) is 0.900. The molecule has 108 valence electrons. The second-order valence-corrected chi connectivity index (χ2v) is 6.93. The Morgan fingerprint density at radius 1 is 1.40 bits per heavy atom. The minimum Gasteiger partial charge on any atom is -0.337 e. The minimum atomic E-state index is 0.192. The van der Waals surface area contributed by atoms with Crippen LogP contribution in [0.1, 0.15) is 31.7 Å². The number of rotatable bonds is 2. The molecule has 4 heteroatoms. The lowest BCUT2D eigenvalue weighted by atomic mass is 10.0. The SMILES string of the molecule is CC1NCCN(C(=O)C2CC2c2cccc(Br)c2)C1C. The molecule has 1 aliphatic heterocycles. The Bertz CT molecular complexity index is 519. The summed E-state index contributed by atoms with van der Waals surface area (Å²) in [7, 11) is 0. The zero-order valence-corrected chi connectivity index (χ0v) is 13.6. The van der Waals surface area contributed by atoms with Crippen LogP contribution in [0.25, 0.3) is 0 Å². The number of amides is 1. The van der Waals surface area contributed by atoms with Crippen molar-refractivity contribution in [2.45, 2.75) is 38.3 Å². The number of hydrogen-bond acceptors (Lipinski definition) is 2. The molecule has 2 aliphatic rings. The Balaban J connectivity index is 1.68. The Labute approximate surface area is 128 Å². The fourth-order valence-corrected chi connectivity index (χ4v) is 3.57. The van der Waals surface area contributed by atoms with Gasteiger partial charge in [-0.3, -0.25) is 4.79 Å². The predicted molar refractivity (Wildman–Crippen MR) is 83.6 cm³/mol. The summed E-state index contributed by atoms with van der Waals surface area (Å²) >= 11 is 3.51. The number of nitrogens with one attached hydrogen (secondary N) is 1. The molecule has 0 radical (unpaired) electrons. The summed E-state index contributed by atoms with van der Waals surface area (Å²) in [5, 5.41) is 3.43. The van der Waals surface area contributed by atoms with Crippen molar-refractivity contribution in [3.05, 3.63) is 34.3 Å². The fraction of sp³-hybridized carbons (Fsp3) is 0.562. The number of nitrogens with zero attached hydrogens (tertiary/aromatic N) is 1. The van der Waals surface area contributed by atoms with Crippen molar-refractivity contribution in [1.29, 1.82) is 0 Å². The smallest absolute Gasteiger partial charge is 0.226 e. The zero-order valence-electron chi connectivity index (χ0n) is 12.0. The van der Waals surface area contributed by atoms with Crippen LogP contribution in [0.15, 0.2) is 28.7 Å². The first-order valence-corrected chi connectivity index (χ1v) is 8.16. The molecular formula is C16H21BrN2O. The first kappa shape index (κ1) is 14.1. The Kier molecular flexibility index (Phi) is 3.87. The van der Waals surface area contributed by atoms with Gasteiger partial charge in [-0.25, -0.2) is 0 Å². The third-order valence-electron chi connectivity index (χ3n) is 4.70. The van der Waals surface area contributed by atoms with Crippen LogP contribution in [0.2, 0.25) is 0 Å². The van der Waals surface area contributed by atoms with E-state index >= 15 is 0 Å². The van der Waals surface area contributed by atoms with Crippen molar-refractivity contribution in [1.82, 2.24) is 10.2 Å². The van der Waals surface area contributed by atoms with Gasteiger partial charge in [0.1, 0.15) is 0 Å². The Morgan fingerprint density at radius 3 is 2.95 bits per heavy atom. The van der Waals surface area contributed by atoms with Crippen LogP contribution in [0.5, 0.6) is 0 Å². The molecule has 1 aromatic rings. The first-order chi connectivity index (χ1) is 9.58. The van der Waals surface area contributed by atoms with Crippen LogP contribution in [0.3, 0.4) is 0 Å². The number of hydrogen-bond donors (Lipinski definition) is 1. The van der Waals surface area contributed by atoms with Crippen molar-refractivity contribution >= 4 is 21.8 Å². The van der Waals surface area contributed by atoms with Crippen molar-refractivity contribution in [2.24, 2.45) is 5.92 Å². The van der Waals surface area contributed by atoms with Crippen LogP contribution >= 0.6 is 15.9 Å². The van der Waals surface area contributed by atoms with Gasteiger partial charge >= 0.3 is 0 Å². The van der Waals surface area contributed by atoms with Gasteiger partial charge in [-0.15, -0.1) is 0 Å². The third-order valence-corrected chi connectivity index (χ3v) is 5.20. The maximum atomic E-state index is 12.7. The van der Waals surface area contributed by atoms with E-state index in [1.165, 1.54) is 5.56 Å². The van der Waals surface area contributed by atoms with Gasteiger partial charge in [-0.05, 0) is 43.9 Å². The van der Waals surface area contributed by atoms with Crippen LogP contribution in [0.4, 0.5) is 0 Å². The van der Waals surface area contributed by atoms with Crippen molar-refractivity contribution in [2.75, 3.05) is 13.1 Å². The molecule has 1 heterocycles. The van der Waals surface area contributed by atoms with Gasteiger partial charge in [-0.2, -0.15) is 0 Å². The lowest BCUT2D eigenvalue weighted by Crippen LogP contribution is -2.57. The summed E-state index contributed by atoms with van der Waals surface area (Å²) in [5.74, 6) is 0.949. The molecule has 1 saturated heterocycles. The molecule has 2 fully saturated rings. The van der Waals surface area contributed by atoms with E-state index in [2.05, 4.69) is 58.2 Å². The maximum Gasteiger partial charge on any atom is 0.226 e. The highest BCUT2D eigenvalue weighted by molar-refractivity contribution is 9.10. The molecule has 1 saturated carbocycles. The number of piperazine rings is 1. The molecule has 4 atom stereocenters. The number of carbonyl (C=O) groups excluding carboxylic acids is 1. The molecule has 3 nitrogen and oxygen atoms in total. The average molecular weight is 337 g/mol. The third kappa shape index (κ3) is 2.63. The normalized spacial score (nSPS) is 33.0. The summed E-state index contributed by atoms with van der Waals surface area (Å²) in [6, 6.07) is 9.03. The van der Waals surface area contributed by atoms with Crippen LogP contribution in [-0.2, 0) is 4.79 Å². The molecule has 1 aromatic carbocycles. The predicted octanol–water partition coefficient (Wildman–Crippen LogP) is 2.76. The highest BCUT2D eigenvalue weighted by Crippen LogP contribution is 2.49. The number of halogens is 1. The number of benzene rings is 1. The zero-order chi connectivity index (χ0) is 14.3. The van der Waals surface area contributed by atoms with Crippen LogP contribution < -0.4 is 5.32 Å². The standard InChI is InChI=1S/C16H21BrN2O/c1-10-11(2)19(7-6-18-10)16(20)15-9-14(15)12-4-3-5-13(17)8-12/h3-5,8,10-11,14-15,18H,6-7,9H2,1-2H3. The summed E-state index contributed by atoms with van der Waals surface area (Å²) in [4.78, 5) is 14.7. The van der Waals surface area contributed by atoms with Gasteiger partial charge in [0.05, 0.1) is 0 Å². The molecule has 0 aromatic heterocycles. The van der Waals surface area contributed by atoms with Crippen molar-refractivity contribution in [3.63, 3.8) is 0 Å². The van der Waals surface area contributed by atoms with E-state index in [1.807, 2.05) is 6.07 Å². The molecule has 0 spiro atoms. The van der Waals surface area contributed by atoms with E-state index in [-0.39, 0.29) is 5.92 Å². The van der Waals surface area contributed by atoms with E-state index in [9.17, 15) is 4.79 Å². The van der Waals surface area contributed by atoms with Crippen LogP contribution in [0, 0.1) is 5.92 Å². The summed E-state index contributed by atoms with van der Waals surface area (Å²) in [6.45, 7) is 6.05. The summed E-state index contributed by atoms with van der Waals surface area (Å²) in [6.07, 6.45) is 1.00. The van der Waals surface area contributed by atoms with E-state index in [4.69, 9.17) is 0 Å². The van der Waals surface area contributed by atoms with Gasteiger partial charge in [0, 0.05) is 35.6 Å². The maximum absolute atomic E-state index is 12.7. The lowest BCUT2D eigenvalue weighted by molar-refractivity contribution is -0.136. The summed E-state index contributed by atoms with van der Waals surface area (Å²) in [5.41, 5.74) is 1.29. The Hall–Kier alpha value is -0.870. The van der Waals surface area contributed by atoms with E-state index in [0.717, 1.165) is 24.0 Å². The highest BCUT2D eigenvalue weighted by atomic mass is 79.9. The second-order valence-electron chi connectivity index (χ2n) is 6.02. The van der Waals surface area contributed by atoms with E-state index in [1.54, 1.807) is 0 Å². The highest BCUT2D eigenvalue weighted by Gasteiger charge is 2.47. The van der Waals surface area contributed by atoms with Gasteiger partial charge in [0.15, 0.2) is 0 Å². The van der Waals surface area contributed by atoms with E-state index in [0.29, 0.717) is 23.9 Å². The topological polar surface area (TPSA) is 32.3 Å². The molecule has 0 bridgehead atoms. The molecule has 3 rings (SSSR count). The Morgan fingerprint density at radius 2 is 2.20 bits per heavy atom. The van der Waals surface area contributed by atoms with Gasteiger partial charge in [0.2, 0.25) is 5.91 Å². The van der Waals surface area contributed by atoms with Crippen molar-refractivity contribution < 1.29 is 4.79 Å². The van der Waals surface area contributed by atoms with Crippen LogP contribution in [-0.4, -0.2) is 36.0 Å². The second kappa shape index (κ2) is 5.49. The summed E-state index contributed by atoms with van der Waals surface area (Å²) < 4.78 is 1.09. The van der Waals surface area contributed by atoms with Gasteiger partial charge in [0.25, 0.3) is 0 Å². The average Bonchev–Trinajstić information content (AvgIpc) is 3.21. The molecule has 20 heavy (non-hydrogen) atoms. The minimum absolute atomic E-state index is 0.192. The monoisotopic (exact) mass is 336 g/mol. The van der Waals surface area contributed by atoms with Crippen molar-refractivity contribution in [3.8, 4) is 0 Å². The van der Waals surface area contributed by atoms with Gasteiger partial charge < -0.3 is 10.2 Å². The largest absolute Gasteiger partial charge is 0.337 e. The molecule has 1 N–H and O–H groups in total. The number of carbonyl (C=O) groups is 1. The lowest BCUT2D eigenvalue weighted by Gasteiger charge is -2.38. The molecule has 1 amide bonds.